The highest BCUT2D eigenvalue weighted by atomic mass is 16.5. The predicted octanol–water partition coefficient (Wildman–Crippen LogP) is 3.99. The molecule has 0 N–H and O–H groups in total. The summed E-state index contributed by atoms with van der Waals surface area (Å²) in [5.41, 5.74) is 2.28. The fraction of sp³-hybridized carbons (Fsp3) is 0.500. The Bertz CT molecular complexity index is 849. The Kier molecular flexibility index (Phi) is 6.53. The molecule has 0 aliphatic carbocycles. The quantitative estimate of drug-likeness (QED) is 0.656. The highest BCUT2D eigenvalue weighted by Gasteiger charge is 2.25. The number of ether oxygens (including phenoxy) is 3. The third-order valence-electron chi connectivity index (χ3n) is 5.75. The van der Waals surface area contributed by atoms with Gasteiger partial charge in [-0.05, 0) is 36.6 Å². The van der Waals surface area contributed by atoms with Crippen molar-refractivity contribution in [2.45, 2.75) is 51.2 Å². The summed E-state index contributed by atoms with van der Waals surface area (Å²) in [6.07, 6.45) is 4.50. The second-order valence-electron chi connectivity index (χ2n) is 8.31. The van der Waals surface area contributed by atoms with Gasteiger partial charge < -0.3 is 23.9 Å². The van der Waals surface area contributed by atoms with Crippen molar-refractivity contribution in [2.75, 3.05) is 31.2 Å². The summed E-state index contributed by atoms with van der Waals surface area (Å²) in [6.45, 7) is 6.89. The number of hydrogen-bond donors (Lipinski definition) is 0. The number of nitrogens with zero attached hydrogens (tertiary/aromatic N) is 2. The monoisotopic (exact) mass is 410 g/mol. The number of Topliss-reactive ketones (excluding diaryl/α,β-unsaturated/α-hetero) is 1. The Labute approximate surface area is 178 Å². The second-order valence-corrected chi connectivity index (χ2v) is 8.31. The van der Waals surface area contributed by atoms with Crippen LogP contribution in [-0.4, -0.2) is 49.3 Å². The SMILES string of the molecule is CC(=O)C[C@@H](C)c1ccc(O[C@@H]2CCN(c3ccnc(O[C@@H]4CCOC4)c3)C2)cc1. The van der Waals surface area contributed by atoms with E-state index in [1.54, 1.807) is 13.1 Å². The summed E-state index contributed by atoms with van der Waals surface area (Å²) in [7, 11) is 0. The lowest BCUT2D eigenvalue weighted by atomic mass is 9.96. The standard InChI is InChI=1S/C24H30N2O4/c1-17(13-18(2)27)19-3-5-21(6-4-19)29-22-8-11-26(15-22)20-7-10-25-24(14-20)30-23-9-12-28-16-23/h3-7,10,14,17,22-23H,8-9,11-13,15-16H2,1-2H3/t17-,22-,23-/m1/s1. The molecule has 2 aromatic rings. The molecule has 0 bridgehead atoms. The Morgan fingerprint density at radius 1 is 1.20 bits per heavy atom. The lowest BCUT2D eigenvalue weighted by Crippen LogP contribution is -2.24. The second kappa shape index (κ2) is 9.47. The smallest absolute Gasteiger partial charge is 0.215 e. The molecule has 0 radical (unpaired) electrons. The zero-order valence-corrected chi connectivity index (χ0v) is 17.8. The molecular weight excluding hydrogens is 380 g/mol. The van der Waals surface area contributed by atoms with Crippen LogP contribution >= 0.6 is 0 Å². The van der Waals surface area contributed by atoms with Crippen LogP contribution in [0.4, 0.5) is 5.69 Å². The van der Waals surface area contributed by atoms with Crippen molar-refractivity contribution in [3.8, 4) is 11.6 Å². The minimum absolute atomic E-state index is 0.101. The van der Waals surface area contributed by atoms with E-state index in [0.717, 1.165) is 44.0 Å². The number of aromatic nitrogens is 1. The van der Waals surface area contributed by atoms with Gasteiger partial charge >= 0.3 is 0 Å². The first kappa shape index (κ1) is 20.7. The maximum absolute atomic E-state index is 11.3. The van der Waals surface area contributed by atoms with Crippen molar-refractivity contribution in [3.05, 3.63) is 48.2 Å². The summed E-state index contributed by atoms with van der Waals surface area (Å²) < 4.78 is 17.5. The molecule has 6 heteroatoms. The third-order valence-corrected chi connectivity index (χ3v) is 5.75. The molecule has 0 unspecified atom stereocenters. The Morgan fingerprint density at radius 3 is 2.77 bits per heavy atom. The molecule has 0 spiro atoms. The Balaban J connectivity index is 1.32. The first-order chi connectivity index (χ1) is 14.6. The van der Waals surface area contributed by atoms with Crippen LogP contribution in [0.25, 0.3) is 0 Å². The molecule has 2 aliphatic rings. The highest BCUT2D eigenvalue weighted by molar-refractivity contribution is 5.76. The number of anilines is 1. The van der Waals surface area contributed by atoms with Crippen molar-refractivity contribution in [1.82, 2.24) is 4.98 Å². The number of ketones is 1. The molecule has 6 nitrogen and oxygen atoms in total. The molecule has 0 saturated carbocycles. The molecule has 2 fully saturated rings. The molecule has 1 aromatic heterocycles. The van der Waals surface area contributed by atoms with Crippen LogP contribution < -0.4 is 14.4 Å². The summed E-state index contributed by atoms with van der Waals surface area (Å²) in [5.74, 6) is 1.98. The van der Waals surface area contributed by atoms with Gasteiger partial charge in [-0.2, -0.15) is 0 Å². The highest BCUT2D eigenvalue weighted by Crippen LogP contribution is 2.27. The molecule has 2 aliphatic heterocycles. The average molecular weight is 411 g/mol. The number of rotatable bonds is 8. The average Bonchev–Trinajstić information content (AvgIpc) is 3.40. The summed E-state index contributed by atoms with van der Waals surface area (Å²) in [4.78, 5) is 18.0. The normalized spacial score (nSPS) is 22.1. The van der Waals surface area contributed by atoms with Gasteiger partial charge in [-0.3, -0.25) is 0 Å². The molecule has 0 amide bonds. The maximum atomic E-state index is 11.3. The van der Waals surface area contributed by atoms with Gasteiger partial charge in [-0.15, -0.1) is 0 Å². The zero-order valence-electron chi connectivity index (χ0n) is 17.8. The number of hydrogen-bond acceptors (Lipinski definition) is 6. The van der Waals surface area contributed by atoms with Crippen LogP contribution in [0, 0.1) is 0 Å². The summed E-state index contributed by atoms with van der Waals surface area (Å²) in [6, 6.07) is 12.2. The van der Waals surface area contributed by atoms with E-state index in [-0.39, 0.29) is 23.9 Å². The van der Waals surface area contributed by atoms with Gasteiger partial charge in [0.05, 0.1) is 19.8 Å². The summed E-state index contributed by atoms with van der Waals surface area (Å²) in [5, 5.41) is 0. The van der Waals surface area contributed by atoms with Crippen molar-refractivity contribution >= 4 is 11.5 Å². The lowest BCUT2D eigenvalue weighted by molar-refractivity contribution is -0.117. The molecule has 1 aromatic carbocycles. The van der Waals surface area contributed by atoms with Gasteiger partial charge in [0.15, 0.2) is 0 Å². The minimum atomic E-state index is 0.101. The van der Waals surface area contributed by atoms with Crippen molar-refractivity contribution < 1.29 is 19.0 Å². The van der Waals surface area contributed by atoms with Gasteiger partial charge in [0.1, 0.15) is 23.7 Å². The zero-order chi connectivity index (χ0) is 20.9. The number of carbonyl (C=O) groups excluding carboxylic acids is 1. The van der Waals surface area contributed by atoms with Crippen LogP contribution in [-0.2, 0) is 9.53 Å². The van der Waals surface area contributed by atoms with E-state index in [9.17, 15) is 4.79 Å². The molecule has 30 heavy (non-hydrogen) atoms. The van der Waals surface area contributed by atoms with E-state index in [1.807, 2.05) is 24.3 Å². The van der Waals surface area contributed by atoms with Crippen LogP contribution in [0.15, 0.2) is 42.6 Å². The predicted molar refractivity (Wildman–Crippen MR) is 115 cm³/mol. The Morgan fingerprint density at radius 2 is 2.03 bits per heavy atom. The molecule has 3 atom stereocenters. The fourth-order valence-electron chi connectivity index (χ4n) is 4.11. The van der Waals surface area contributed by atoms with Crippen molar-refractivity contribution in [3.63, 3.8) is 0 Å². The first-order valence-electron chi connectivity index (χ1n) is 10.8. The number of pyridine rings is 1. The van der Waals surface area contributed by atoms with Gasteiger partial charge in [0.25, 0.3) is 0 Å². The molecule has 3 heterocycles. The van der Waals surface area contributed by atoms with Crippen LogP contribution in [0.3, 0.4) is 0 Å². The maximum Gasteiger partial charge on any atom is 0.215 e. The molecular formula is C24H30N2O4. The lowest BCUT2D eigenvalue weighted by Gasteiger charge is -2.20. The van der Waals surface area contributed by atoms with Crippen LogP contribution in [0.5, 0.6) is 11.6 Å². The van der Waals surface area contributed by atoms with Gasteiger partial charge in [0.2, 0.25) is 5.88 Å². The van der Waals surface area contributed by atoms with Gasteiger partial charge in [0, 0.05) is 43.8 Å². The van der Waals surface area contributed by atoms with E-state index in [1.165, 1.54) is 5.56 Å². The Hall–Kier alpha value is -2.60. The van der Waals surface area contributed by atoms with E-state index < -0.39 is 0 Å². The van der Waals surface area contributed by atoms with Crippen LogP contribution in [0.2, 0.25) is 0 Å². The number of benzene rings is 1. The fourth-order valence-corrected chi connectivity index (χ4v) is 4.11. The van der Waals surface area contributed by atoms with E-state index in [4.69, 9.17) is 14.2 Å². The van der Waals surface area contributed by atoms with Crippen LogP contribution in [0.1, 0.15) is 44.6 Å². The molecule has 160 valence electrons. The topological polar surface area (TPSA) is 60.9 Å². The van der Waals surface area contributed by atoms with Gasteiger partial charge in [-0.25, -0.2) is 4.98 Å². The van der Waals surface area contributed by atoms with Crippen molar-refractivity contribution in [2.24, 2.45) is 0 Å². The third kappa shape index (κ3) is 5.30. The van der Waals surface area contributed by atoms with E-state index in [2.05, 4.69) is 28.9 Å². The van der Waals surface area contributed by atoms with Gasteiger partial charge in [-0.1, -0.05) is 19.1 Å². The minimum Gasteiger partial charge on any atom is -0.489 e. The first-order valence-corrected chi connectivity index (χ1v) is 10.8. The molecule has 4 rings (SSSR count). The largest absolute Gasteiger partial charge is 0.489 e. The summed E-state index contributed by atoms with van der Waals surface area (Å²) >= 11 is 0. The van der Waals surface area contributed by atoms with Crippen molar-refractivity contribution in [1.29, 1.82) is 0 Å². The number of carbonyl (C=O) groups is 1. The molecule has 2 saturated heterocycles. The van der Waals surface area contributed by atoms with E-state index in [0.29, 0.717) is 18.9 Å². The van der Waals surface area contributed by atoms with E-state index >= 15 is 0 Å².